The second-order valence-corrected chi connectivity index (χ2v) is 10.3. The van der Waals surface area contributed by atoms with Gasteiger partial charge in [0.05, 0.1) is 14.3 Å². The molecule has 0 aliphatic rings. The minimum absolute atomic E-state index is 0.619. The van der Waals surface area contributed by atoms with E-state index in [0.717, 1.165) is 11.8 Å². The van der Waals surface area contributed by atoms with Crippen molar-refractivity contribution in [3.8, 4) is 0 Å². The van der Waals surface area contributed by atoms with Crippen LogP contribution in [0.25, 0.3) is 0 Å². The minimum atomic E-state index is -1.16. The zero-order chi connectivity index (χ0) is 10.6. The van der Waals surface area contributed by atoms with Crippen molar-refractivity contribution in [1.82, 2.24) is 0 Å². The van der Waals surface area contributed by atoms with Gasteiger partial charge in [0.1, 0.15) is 0 Å². The van der Waals surface area contributed by atoms with Crippen LogP contribution in [-0.4, -0.2) is 19.4 Å². The van der Waals surface area contributed by atoms with Gasteiger partial charge in [-0.15, -0.1) is 0 Å². The molecule has 76 valence electrons. The largest absolute Gasteiger partial charge is 0.487 e. The molecule has 0 aromatic heterocycles. The highest BCUT2D eigenvalue weighted by Crippen LogP contribution is 2.06. The maximum atomic E-state index is 5.59. The first-order chi connectivity index (χ1) is 6.49. The Morgan fingerprint density at radius 2 is 1.79 bits per heavy atom. The molecule has 0 saturated heterocycles. The van der Waals surface area contributed by atoms with Crippen LogP contribution in [0.4, 0.5) is 0 Å². The molecule has 0 saturated carbocycles. The van der Waals surface area contributed by atoms with Crippen molar-refractivity contribution < 1.29 is 4.74 Å². The van der Waals surface area contributed by atoms with Gasteiger partial charge >= 0.3 is 0 Å². The number of benzene rings is 1. The average Bonchev–Trinajstić information content (AvgIpc) is 2.14. The van der Waals surface area contributed by atoms with Crippen molar-refractivity contribution in [3.05, 3.63) is 35.9 Å². The summed E-state index contributed by atoms with van der Waals surface area (Å²) in [5.74, 6) is 0. The van der Waals surface area contributed by atoms with E-state index in [-0.39, 0.29) is 0 Å². The molecule has 0 N–H and O–H groups in total. The summed E-state index contributed by atoms with van der Waals surface area (Å²) in [6.45, 7) is 6.79. The van der Waals surface area contributed by atoms with Gasteiger partial charge in [0.2, 0.25) is 0 Å². The second kappa shape index (κ2) is 4.71. The Morgan fingerprint density at radius 3 is 2.29 bits per heavy atom. The van der Waals surface area contributed by atoms with E-state index in [1.54, 1.807) is 0 Å². The standard InChI is InChI=1S/C11H16OSSi/c1-14(2,3)9-12-11(13)10-7-5-4-6-8-10/h4-8H,9H2,1-3H3. The van der Waals surface area contributed by atoms with Crippen LogP contribution in [0.1, 0.15) is 5.56 Å². The van der Waals surface area contributed by atoms with Crippen molar-refractivity contribution >= 4 is 25.3 Å². The topological polar surface area (TPSA) is 9.23 Å². The number of thiocarbonyl (C=S) groups is 1. The van der Waals surface area contributed by atoms with E-state index < -0.39 is 8.07 Å². The average molecular weight is 224 g/mol. The van der Waals surface area contributed by atoms with E-state index >= 15 is 0 Å². The highest BCUT2D eigenvalue weighted by atomic mass is 32.1. The zero-order valence-electron chi connectivity index (χ0n) is 8.91. The molecule has 14 heavy (non-hydrogen) atoms. The molecule has 0 amide bonds. The van der Waals surface area contributed by atoms with Crippen molar-refractivity contribution in [3.63, 3.8) is 0 Å². The summed E-state index contributed by atoms with van der Waals surface area (Å²) in [6, 6.07) is 9.88. The van der Waals surface area contributed by atoms with E-state index in [4.69, 9.17) is 17.0 Å². The molecule has 0 bridgehead atoms. The molecule has 0 atom stereocenters. The van der Waals surface area contributed by atoms with Crippen LogP contribution < -0.4 is 0 Å². The molecule has 0 aliphatic carbocycles. The lowest BCUT2D eigenvalue weighted by Crippen LogP contribution is -2.29. The summed E-state index contributed by atoms with van der Waals surface area (Å²) in [7, 11) is -1.16. The van der Waals surface area contributed by atoms with Crippen LogP contribution >= 0.6 is 12.2 Å². The van der Waals surface area contributed by atoms with Crippen LogP contribution in [0.3, 0.4) is 0 Å². The van der Waals surface area contributed by atoms with Crippen LogP contribution in [0.15, 0.2) is 30.3 Å². The van der Waals surface area contributed by atoms with Gasteiger partial charge < -0.3 is 4.74 Å². The maximum Gasteiger partial charge on any atom is 0.190 e. The van der Waals surface area contributed by atoms with Crippen LogP contribution in [-0.2, 0) is 4.74 Å². The van der Waals surface area contributed by atoms with Gasteiger partial charge in [0, 0.05) is 5.56 Å². The molecule has 1 nitrogen and oxygen atoms in total. The Labute approximate surface area is 92.1 Å². The molecule has 1 rings (SSSR count). The molecule has 0 aliphatic heterocycles. The van der Waals surface area contributed by atoms with Crippen molar-refractivity contribution in [2.24, 2.45) is 0 Å². The number of hydrogen-bond donors (Lipinski definition) is 0. The fourth-order valence-corrected chi connectivity index (χ4v) is 1.82. The lowest BCUT2D eigenvalue weighted by atomic mass is 10.2. The van der Waals surface area contributed by atoms with E-state index in [2.05, 4.69) is 19.6 Å². The Morgan fingerprint density at radius 1 is 1.21 bits per heavy atom. The highest BCUT2D eigenvalue weighted by molar-refractivity contribution is 7.80. The monoisotopic (exact) mass is 224 g/mol. The van der Waals surface area contributed by atoms with Gasteiger partial charge in [-0.2, -0.15) is 0 Å². The first kappa shape index (κ1) is 11.4. The fourth-order valence-electron chi connectivity index (χ4n) is 0.940. The van der Waals surface area contributed by atoms with Crippen LogP contribution in [0.2, 0.25) is 19.6 Å². The summed E-state index contributed by atoms with van der Waals surface area (Å²) in [5.41, 5.74) is 1.00. The van der Waals surface area contributed by atoms with Gasteiger partial charge in [-0.25, -0.2) is 0 Å². The minimum Gasteiger partial charge on any atom is -0.487 e. The van der Waals surface area contributed by atoms with Crippen molar-refractivity contribution in [2.45, 2.75) is 19.6 Å². The summed E-state index contributed by atoms with van der Waals surface area (Å²) >= 11 is 5.19. The molecule has 0 fully saturated rings. The lowest BCUT2D eigenvalue weighted by Gasteiger charge is -2.16. The van der Waals surface area contributed by atoms with Crippen LogP contribution in [0, 0.1) is 0 Å². The summed E-state index contributed by atoms with van der Waals surface area (Å²) < 4.78 is 5.59. The predicted molar refractivity (Wildman–Crippen MR) is 67.4 cm³/mol. The highest BCUT2D eigenvalue weighted by Gasteiger charge is 2.15. The van der Waals surface area contributed by atoms with E-state index in [1.807, 2.05) is 30.3 Å². The Kier molecular flexibility index (Phi) is 3.83. The zero-order valence-corrected chi connectivity index (χ0v) is 10.7. The summed E-state index contributed by atoms with van der Waals surface area (Å²) in [6.07, 6.45) is 0.792. The quantitative estimate of drug-likeness (QED) is 0.576. The summed E-state index contributed by atoms with van der Waals surface area (Å²) in [4.78, 5) is 0. The Bertz CT molecular complexity index is 303. The van der Waals surface area contributed by atoms with Gasteiger partial charge in [-0.3, -0.25) is 0 Å². The molecule has 0 spiro atoms. The fraction of sp³-hybridized carbons (Fsp3) is 0.364. The number of hydrogen-bond acceptors (Lipinski definition) is 2. The lowest BCUT2D eigenvalue weighted by molar-refractivity contribution is 0.377. The molecular formula is C11H16OSSi. The SMILES string of the molecule is C[Si](C)(C)COC(=S)c1ccccc1. The number of ether oxygens (including phenoxy) is 1. The van der Waals surface area contributed by atoms with Gasteiger partial charge in [-0.05, 0) is 12.2 Å². The molecule has 3 heteroatoms. The van der Waals surface area contributed by atoms with Crippen molar-refractivity contribution in [2.75, 3.05) is 6.23 Å². The normalized spacial score (nSPS) is 11.1. The first-order valence-corrected chi connectivity index (χ1v) is 8.83. The maximum absolute atomic E-state index is 5.59. The summed E-state index contributed by atoms with van der Waals surface area (Å²) in [5, 5.41) is 0.619. The first-order valence-electron chi connectivity index (χ1n) is 4.71. The molecule has 1 aromatic rings. The van der Waals surface area contributed by atoms with E-state index in [0.29, 0.717) is 5.05 Å². The third-order valence-corrected chi connectivity index (χ3v) is 3.01. The third kappa shape index (κ3) is 4.02. The smallest absolute Gasteiger partial charge is 0.190 e. The second-order valence-electron chi connectivity index (χ2n) is 4.50. The van der Waals surface area contributed by atoms with Gasteiger partial charge in [-0.1, -0.05) is 50.0 Å². The molecule has 0 radical (unpaired) electrons. The van der Waals surface area contributed by atoms with Crippen molar-refractivity contribution in [1.29, 1.82) is 0 Å². The number of rotatable bonds is 3. The van der Waals surface area contributed by atoms with E-state index in [1.165, 1.54) is 0 Å². The van der Waals surface area contributed by atoms with Crippen LogP contribution in [0.5, 0.6) is 0 Å². The Balaban J connectivity index is 2.52. The molecule has 0 heterocycles. The molecule has 1 aromatic carbocycles. The molecular weight excluding hydrogens is 208 g/mol. The predicted octanol–water partition coefficient (Wildman–Crippen LogP) is 3.26. The van der Waals surface area contributed by atoms with Gasteiger partial charge in [0.15, 0.2) is 5.05 Å². The van der Waals surface area contributed by atoms with Gasteiger partial charge in [0.25, 0.3) is 0 Å². The van der Waals surface area contributed by atoms with E-state index in [9.17, 15) is 0 Å². The molecule has 0 unspecified atom stereocenters. The Hall–Kier alpha value is -0.673. The third-order valence-electron chi connectivity index (χ3n) is 1.65.